The first-order valence-corrected chi connectivity index (χ1v) is 11.5. The minimum absolute atomic E-state index is 0.194. The summed E-state index contributed by atoms with van der Waals surface area (Å²) in [6.45, 7) is 3.39. The van der Waals surface area contributed by atoms with E-state index in [-0.39, 0.29) is 5.56 Å². The Hall–Kier alpha value is -2.43. The number of ether oxygens (including phenoxy) is 1. The largest absolute Gasteiger partial charge is 0.481 e. The van der Waals surface area contributed by atoms with Crippen molar-refractivity contribution in [2.45, 2.75) is 19.2 Å². The highest BCUT2D eigenvalue weighted by Crippen LogP contribution is 2.20. The molecule has 30 heavy (non-hydrogen) atoms. The number of nitrogens with zero attached hydrogens (tertiary/aromatic N) is 4. The van der Waals surface area contributed by atoms with Gasteiger partial charge in [-0.25, -0.2) is 15.0 Å². The molecule has 0 saturated heterocycles. The van der Waals surface area contributed by atoms with Gasteiger partial charge in [0.2, 0.25) is 11.8 Å². The van der Waals surface area contributed by atoms with E-state index in [2.05, 4.69) is 35.5 Å². The lowest BCUT2D eigenvalue weighted by Gasteiger charge is -2.09. The van der Waals surface area contributed by atoms with Gasteiger partial charge in [-0.3, -0.25) is 9.78 Å². The lowest BCUT2D eigenvalue weighted by atomic mass is 10.1. The Balaban J connectivity index is 1.51. The first kappa shape index (κ1) is 22.3. The van der Waals surface area contributed by atoms with Gasteiger partial charge in [0, 0.05) is 47.8 Å². The van der Waals surface area contributed by atoms with Crippen molar-refractivity contribution in [3.8, 4) is 17.0 Å². The fraction of sp³-hybridized carbons (Fsp3) is 0.400. The zero-order valence-corrected chi connectivity index (χ0v) is 19.2. The average molecular weight is 447 g/mol. The number of aromatic nitrogens is 4. The number of rotatable bonds is 10. The molecule has 2 N–H and O–H groups in total. The fourth-order valence-corrected chi connectivity index (χ4v) is 4.60. The molecule has 0 bridgehead atoms. The summed E-state index contributed by atoms with van der Waals surface area (Å²) in [4.78, 5) is 30.8. The molecule has 0 radical (unpaired) electrons. The molecule has 10 heteroatoms. The van der Waals surface area contributed by atoms with Gasteiger partial charge in [0.15, 0.2) is 0 Å². The maximum atomic E-state index is 12.6. The predicted octanol–water partition coefficient (Wildman–Crippen LogP) is 3.01. The molecule has 0 unspecified atom stereocenters. The van der Waals surface area contributed by atoms with Crippen LogP contribution in [0.25, 0.3) is 11.1 Å². The van der Waals surface area contributed by atoms with Gasteiger partial charge >= 0.3 is 0 Å². The maximum absolute atomic E-state index is 12.6. The van der Waals surface area contributed by atoms with E-state index in [0.717, 1.165) is 28.8 Å². The lowest BCUT2D eigenvalue weighted by molar-refractivity contribution is 0.398. The van der Waals surface area contributed by atoms with Crippen molar-refractivity contribution >= 4 is 29.0 Å². The zero-order chi connectivity index (χ0) is 21.5. The quantitative estimate of drug-likeness (QED) is 0.459. The number of aromatic amines is 1. The number of hydrogen-bond acceptors (Lipinski definition) is 9. The van der Waals surface area contributed by atoms with E-state index in [1.807, 2.05) is 21.0 Å². The second-order valence-electron chi connectivity index (χ2n) is 6.91. The predicted molar refractivity (Wildman–Crippen MR) is 124 cm³/mol. The van der Waals surface area contributed by atoms with Gasteiger partial charge in [-0.1, -0.05) is 0 Å². The maximum Gasteiger partial charge on any atom is 0.260 e. The fourth-order valence-electron chi connectivity index (χ4n) is 2.84. The van der Waals surface area contributed by atoms with Gasteiger partial charge < -0.3 is 15.0 Å². The highest BCUT2D eigenvalue weighted by Gasteiger charge is 2.11. The molecule has 0 saturated carbocycles. The standard InChI is InChI=1S/C20H26N6O2S2/c1-13-18(14-5-6-16(28-4)22-9-14)19(27)25-20(23-13)21-7-8-29-11-15-12-30-17(24-15)10-26(2)3/h5-6,9,12H,7-8,10-11H2,1-4H3,(H2,21,23,25,27). The number of nitrogens with one attached hydrogen (secondary N) is 2. The third-order valence-corrected chi connectivity index (χ3v) is 6.05. The highest BCUT2D eigenvalue weighted by atomic mass is 32.2. The Morgan fingerprint density at radius 1 is 1.30 bits per heavy atom. The van der Waals surface area contributed by atoms with E-state index in [9.17, 15) is 4.79 Å². The van der Waals surface area contributed by atoms with Crippen LogP contribution in [-0.2, 0) is 12.3 Å². The molecular weight excluding hydrogens is 420 g/mol. The topological polar surface area (TPSA) is 96.0 Å². The van der Waals surface area contributed by atoms with Gasteiger partial charge in [-0.05, 0) is 27.1 Å². The zero-order valence-electron chi connectivity index (χ0n) is 17.6. The summed E-state index contributed by atoms with van der Waals surface area (Å²) in [7, 11) is 5.64. The number of anilines is 1. The number of aryl methyl sites for hydroxylation is 1. The monoisotopic (exact) mass is 446 g/mol. The third kappa shape index (κ3) is 6.04. The summed E-state index contributed by atoms with van der Waals surface area (Å²) in [5.41, 5.74) is 2.79. The molecule has 0 spiro atoms. The Labute approximate surface area is 184 Å². The van der Waals surface area contributed by atoms with Crippen LogP contribution >= 0.6 is 23.1 Å². The van der Waals surface area contributed by atoms with Gasteiger partial charge in [0.25, 0.3) is 5.56 Å². The minimum atomic E-state index is -0.194. The summed E-state index contributed by atoms with van der Waals surface area (Å²) >= 11 is 3.50. The van der Waals surface area contributed by atoms with Crippen molar-refractivity contribution in [2.24, 2.45) is 0 Å². The van der Waals surface area contributed by atoms with Crippen LogP contribution in [0.15, 0.2) is 28.5 Å². The number of pyridine rings is 1. The lowest BCUT2D eigenvalue weighted by Crippen LogP contribution is -2.18. The number of methoxy groups -OCH3 is 1. The first-order chi connectivity index (χ1) is 14.5. The van der Waals surface area contributed by atoms with Gasteiger partial charge in [0.05, 0.1) is 24.1 Å². The molecule has 3 aromatic rings. The van der Waals surface area contributed by atoms with E-state index >= 15 is 0 Å². The van der Waals surface area contributed by atoms with Gasteiger partial charge in [-0.2, -0.15) is 11.8 Å². The number of thiazole rings is 1. The van der Waals surface area contributed by atoms with Crippen LogP contribution in [0.2, 0.25) is 0 Å². The van der Waals surface area contributed by atoms with Crippen LogP contribution in [0, 0.1) is 6.92 Å². The Kier molecular flexibility index (Phi) is 7.83. The van der Waals surface area contributed by atoms with E-state index in [4.69, 9.17) is 4.74 Å². The average Bonchev–Trinajstić information content (AvgIpc) is 3.14. The molecule has 0 aliphatic rings. The van der Waals surface area contributed by atoms with Gasteiger partial charge in [0.1, 0.15) is 5.01 Å². The first-order valence-electron chi connectivity index (χ1n) is 9.47. The molecule has 3 heterocycles. The smallest absolute Gasteiger partial charge is 0.260 e. The molecule has 0 aliphatic heterocycles. The second kappa shape index (κ2) is 10.6. The molecule has 3 aromatic heterocycles. The van der Waals surface area contributed by atoms with Crippen molar-refractivity contribution in [2.75, 3.05) is 38.8 Å². The molecule has 0 amide bonds. The van der Waals surface area contributed by atoms with Crippen LogP contribution in [0.5, 0.6) is 5.88 Å². The summed E-state index contributed by atoms with van der Waals surface area (Å²) in [6.07, 6.45) is 1.62. The summed E-state index contributed by atoms with van der Waals surface area (Å²) in [5.74, 6) is 2.74. The van der Waals surface area contributed by atoms with Gasteiger partial charge in [-0.15, -0.1) is 11.3 Å². The number of hydrogen-bond donors (Lipinski definition) is 2. The van der Waals surface area contributed by atoms with Crippen LogP contribution in [-0.4, -0.2) is 58.3 Å². The molecule has 0 aromatic carbocycles. The van der Waals surface area contributed by atoms with E-state index in [1.165, 1.54) is 0 Å². The summed E-state index contributed by atoms with van der Waals surface area (Å²) in [6, 6.07) is 3.53. The van der Waals surface area contributed by atoms with Crippen molar-refractivity contribution in [3.05, 3.63) is 50.5 Å². The van der Waals surface area contributed by atoms with Crippen LogP contribution in [0.4, 0.5) is 5.95 Å². The molecule has 3 rings (SSSR count). The Morgan fingerprint density at radius 3 is 2.80 bits per heavy atom. The minimum Gasteiger partial charge on any atom is -0.481 e. The highest BCUT2D eigenvalue weighted by molar-refractivity contribution is 7.98. The second-order valence-corrected chi connectivity index (χ2v) is 8.96. The molecule has 0 atom stereocenters. The normalized spacial score (nSPS) is 11.1. The van der Waals surface area contributed by atoms with Crippen LogP contribution in [0.3, 0.4) is 0 Å². The molecule has 0 fully saturated rings. The number of thioether (sulfide) groups is 1. The summed E-state index contributed by atoms with van der Waals surface area (Å²) < 4.78 is 5.06. The SMILES string of the molecule is COc1ccc(-c2c(C)nc(NCCSCc3csc(CN(C)C)n3)[nH]c2=O)cn1. The van der Waals surface area contributed by atoms with E-state index < -0.39 is 0 Å². The Bertz CT molecular complexity index is 1020. The number of H-pyrrole nitrogens is 1. The van der Waals surface area contributed by atoms with Crippen LogP contribution < -0.4 is 15.6 Å². The third-order valence-electron chi connectivity index (χ3n) is 4.17. The van der Waals surface area contributed by atoms with Crippen molar-refractivity contribution in [3.63, 3.8) is 0 Å². The van der Waals surface area contributed by atoms with Crippen LogP contribution in [0.1, 0.15) is 16.4 Å². The molecule has 0 aliphatic carbocycles. The van der Waals surface area contributed by atoms with Crippen molar-refractivity contribution in [1.82, 2.24) is 24.8 Å². The molecule has 160 valence electrons. The Morgan fingerprint density at radius 2 is 2.13 bits per heavy atom. The van der Waals surface area contributed by atoms with E-state index in [0.29, 0.717) is 35.2 Å². The summed E-state index contributed by atoms with van der Waals surface area (Å²) in [5, 5.41) is 6.45. The van der Waals surface area contributed by atoms with Crippen molar-refractivity contribution in [1.29, 1.82) is 0 Å². The van der Waals surface area contributed by atoms with Crippen molar-refractivity contribution < 1.29 is 4.74 Å². The molecule has 8 nitrogen and oxygen atoms in total. The van der Waals surface area contributed by atoms with E-state index in [1.54, 1.807) is 48.5 Å². The molecular formula is C20H26N6O2S2.